The van der Waals surface area contributed by atoms with Gasteiger partial charge in [-0.25, -0.2) is 4.39 Å². The molecule has 1 saturated heterocycles. The Hall–Kier alpha value is -3.67. The van der Waals surface area contributed by atoms with Gasteiger partial charge in [-0.3, -0.25) is 9.78 Å². The minimum absolute atomic E-state index is 0.159. The molecule has 3 heterocycles. The van der Waals surface area contributed by atoms with Crippen molar-refractivity contribution in [3.63, 3.8) is 0 Å². The number of aryl methyl sites for hydroxylation is 1. The fourth-order valence-corrected chi connectivity index (χ4v) is 4.47. The van der Waals surface area contributed by atoms with Crippen LogP contribution in [0.5, 0.6) is 0 Å². The van der Waals surface area contributed by atoms with Crippen molar-refractivity contribution in [2.45, 2.75) is 19.3 Å². The van der Waals surface area contributed by atoms with E-state index in [9.17, 15) is 9.18 Å². The van der Waals surface area contributed by atoms with E-state index in [4.69, 9.17) is 0 Å². The van der Waals surface area contributed by atoms with E-state index in [1.807, 2.05) is 43.3 Å². The quantitative estimate of drug-likeness (QED) is 0.595. The number of halogens is 1. The second-order valence-corrected chi connectivity index (χ2v) is 8.03. The summed E-state index contributed by atoms with van der Waals surface area (Å²) in [6, 6.07) is 15.0. The van der Waals surface area contributed by atoms with Crippen LogP contribution < -0.4 is 15.5 Å². The molecule has 2 aliphatic heterocycles. The zero-order chi connectivity index (χ0) is 21.4. The summed E-state index contributed by atoms with van der Waals surface area (Å²) in [7, 11) is 0. The van der Waals surface area contributed by atoms with E-state index < -0.39 is 0 Å². The molecule has 0 aliphatic carbocycles. The molecule has 0 bridgehead atoms. The Labute approximate surface area is 180 Å². The standard InChI is InChI=1S/C25H23FN4O/c1-16-3-2-4-22-24(16)20(25(31)29-22)14-28-19-5-6-23(21(26)13-19)30-12-9-18(15-30)17-7-10-27-11-8-17/h2-8,10-11,13-14,18,28H,9,12,15H2,1H3,(H,29,31). The second-order valence-electron chi connectivity index (χ2n) is 8.03. The third-order valence-corrected chi connectivity index (χ3v) is 6.07. The van der Waals surface area contributed by atoms with Crippen LogP contribution in [0.1, 0.15) is 29.0 Å². The maximum absolute atomic E-state index is 14.9. The van der Waals surface area contributed by atoms with E-state index in [1.165, 1.54) is 11.6 Å². The molecule has 1 atom stereocenters. The topological polar surface area (TPSA) is 57.3 Å². The molecule has 2 N–H and O–H groups in total. The number of nitrogens with zero attached hydrogens (tertiary/aromatic N) is 2. The lowest BCUT2D eigenvalue weighted by atomic mass is 10.00. The van der Waals surface area contributed by atoms with Crippen molar-refractivity contribution in [3.8, 4) is 0 Å². The molecule has 156 valence electrons. The van der Waals surface area contributed by atoms with Gasteiger partial charge in [0.25, 0.3) is 5.91 Å². The number of anilines is 3. The van der Waals surface area contributed by atoms with E-state index in [-0.39, 0.29) is 11.7 Å². The summed E-state index contributed by atoms with van der Waals surface area (Å²) < 4.78 is 14.9. The monoisotopic (exact) mass is 414 g/mol. The van der Waals surface area contributed by atoms with Crippen LogP contribution in [0.3, 0.4) is 0 Å². The molecule has 31 heavy (non-hydrogen) atoms. The first-order valence-electron chi connectivity index (χ1n) is 10.4. The van der Waals surface area contributed by atoms with Gasteiger partial charge in [0.15, 0.2) is 0 Å². The van der Waals surface area contributed by atoms with E-state index in [0.717, 1.165) is 36.3 Å². The van der Waals surface area contributed by atoms with Crippen molar-refractivity contribution in [2.24, 2.45) is 0 Å². The Morgan fingerprint density at radius 2 is 2.03 bits per heavy atom. The van der Waals surface area contributed by atoms with Crippen LogP contribution in [-0.4, -0.2) is 24.0 Å². The average molecular weight is 414 g/mol. The fraction of sp³-hybridized carbons (Fsp3) is 0.200. The Kier molecular flexibility index (Phi) is 4.90. The lowest BCUT2D eigenvalue weighted by Crippen LogP contribution is -2.20. The van der Waals surface area contributed by atoms with Crippen molar-refractivity contribution in [3.05, 3.63) is 89.6 Å². The molecule has 5 rings (SSSR count). The molecular formula is C25H23FN4O. The molecule has 1 amide bonds. The van der Waals surface area contributed by atoms with E-state index in [1.54, 1.807) is 24.7 Å². The van der Waals surface area contributed by atoms with Gasteiger partial charge in [0.2, 0.25) is 0 Å². The first-order chi connectivity index (χ1) is 15.1. The maximum Gasteiger partial charge on any atom is 0.257 e. The molecule has 6 heteroatoms. The molecule has 2 aliphatic rings. The van der Waals surface area contributed by atoms with Gasteiger partial charge in [0, 0.05) is 54.5 Å². The summed E-state index contributed by atoms with van der Waals surface area (Å²) in [6.45, 7) is 3.57. The van der Waals surface area contributed by atoms with Crippen molar-refractivity contribution >= 4 is 28.5 Å². The van der Waals surface area contributed by atoms with Crippen LogP contribution in [0.2, 0.25) is 0 Å². The lowest BCUT2D eigenvalue weighted by Gasteiger charge is -2.20. The van der Waals surface area contributed by atoms with Crippen LogP contribution in [0.4, 0.5) is 21.5 Å². The summed E-state index contributed by atoms with van der Waals surface area (Å²) in [6.07, 6.45) is 6.25. The number of carbonyl (C=O) groups is 1. The third kappa shape index (κ3) is 3.65. The lowest BCUT2D eigenvalue weighted by molar-refractivity contribution is -0.110. The number of carbonyl (C=O) groups excluding carboxylic acids is 1. The van der Waals surface area contributed by atoms with Crippen LogP contribution in [-0.2, 0) is 4.79 Å². The summed E-state index contributed by atoms with van der Waals surface area (Å²) in [5.41, 5.74) is 5.71. The Bertz CT molecular complexity index is 1180. The molecule has 5 nitrogen and oxygen atoms in total. The van der Waals surface area contributed by atoms with Gasteiger partial charge >= 0.3 is 0 Å². The smallest absolute Gasteiger partial charge is 0.257 e. The van der Waals surface area contributed by atoms with Gasteiger partial charge in [-0.2, -0.15) is 0 Å². The van der Waals surface area contributed by atoms with Crippen molar-refractivity contribution in [1.29, 1.82) is 0 Å². The van der Waals surface area contributed by atoms with E-state index >= 15 is 0 Å². The highest BCUT2D eigenvalue weighted by Crippen LogP contribution is 2.35. The number of nitrogens with one attached hydrogen (secondary N) is 2. The first-order valence-corrected chi connectivity index (χ1v) is 10.4. The number of hydrogen-bond donors (Lipinski definition) is 2. The average Bonchev–Trinajstić information content (AvgIpc) is 3.38. The number of pyridine rings is 1. The molecule has 0 radical (unpaired) electrons. The molecule has 0 spiro atoms. The zero-order valence-corrected chi connectivity index (χ0v) is 17.2. The van der Waals surface area contributed by atoms with Gasteiger partial charge < -0.3 is 15.5 Å². The zero-order valence-electron chi connectivity index (χ0n) is 17.2. The molecule has 1 unspecified atom stereocenters. The van der Waals surface area contributed by atoms with Gasteiger partial charge in [0.1, 0.15) is 5.82 Å². The number of benzene rings is 2. The van der Waals surface area contributed by atoms with Gasteiger partial charge in [-0.05, 0) is 60.9 Å². The number of hydrogen-bond acceptors (Lipinski definition) is 4. The highest BCUT2D eigenvalue weighted by atomic mass is 19.1. The van der Waals surface area contributed by atoms with Gasteiger partial charge in [-0.1, -0.05) is 12.1 Å². The van der Waals surface area contributed by atoms with Crippen LogP contribution in [0.25, 0.3) is 5.57 Å². The van der Waals surface area contributed by atoms with Crippen molar-refractivity contribution in [1.82, 2.24) is 4.98 Å². The molecule has 1 aromatic heterocycles. The number of aromatic nitrogens is 1. The predicted molar refractivity (Wildman–Crippen MR) is 122 cm³/mol. The highest BCUT2D eigenvalue weighted by Gasteiger charge is 2.27. The molecular weight excluding hydrogens is 391 g/mol. The molecule has 3 aromatic rings. The van der Waals surface area contributed by atoms with Crippen LogP contribution in [0, 0.1) is 12.7 Å². The van der Waals surface area contributed by atoms with Crippen LogP contribution >= 0.6 is 0 Å². The minimum atomic E-state index is -0.272. The van der Waals surface area contributed by atoms with Crippen LogP contribution in [0.15, 0.2) is 67.1 Å². The maximum atomic E-state index is 14.9. The largest absolute Gasteiger partial charge is 0.369 e. The Morgan fingerprint density at radius 3 is 2.84 bits per heavy atom. The number of rotatable bonds is 4. The number of fused-ring (bicyclic) bond motifs is 1. The molecule has 2 aromatic carbocycles. The Morgan fingerprint density at radius 1 is 1.19 bits per heavy atom. The van der Waals surface area contributed by atoms with Crippen molar-refractivity contribution < 1.29 is 9.18 Å². The summed E-state index contributed by atoms with van der Waals surface area (Å²) in [4.78, 5) is 18.5. The third-order valence-electron chi connectivity index (χ3n) is 6.07. The van der Waals surface area contributed by atoms with Crippen molar-refractivity contribution in [2.75, 3.05) is 28.6 Å². The second kappa shape index (κ2) is 7.87. The molecule has 0 saturated carbocycles. The molecule has 1 fully saturated rings. The summed E-state index contributed by atoms with van der Waals surface area (Å²) in [5.74, 6) is -0.0477. The minimum Gasteiger partial charge on any atom is -0.369 e. The predicted octanol–water partition coefficient (Wildman–Crippen LogP) is 4.93. The fourth-order valence-electron chi connectivity index (χ4n) is 4.47. The number of amides is 1. The SMILES string of the molecule is Cc1cccc2c1C(=CNc1ccc(N3CCC(c4ccncc4)C3)c(F)c1)C(=O)N2. The van der Waals surface area contributed by atoms with Gasteiger partial charge in [-0.15, -0.1) is 0 Å². The van der Waals surface area contributed by atoms with E-state index in [2.05, 4.69) is 20.5 Å². The first kappa shape index (κ1) is 19.3. The van der Waals surface area contributed by atoms with Gasteiger partial charge in [0.05, 0.1) is 11.3 Å². The normalized spacial score (nSPS) is 18.9. The summed E-state index contributed by atoms with van der Waals surface area (Å²) >= 11 is 0. The summed E-state index contributed by atoms with van der Waals surface area (Å²) in [5, 5.41) is 5.96. The highest BCUT2D eigenvalue weighted by molar-refractivity contribution is 6.32. The Balaban J connectivity index is 1.32. The van der Waals surface area contributed by atoms with E-state index in [0.29, 0.717) is 22.9 Å².